The van der Waals surface area contributed by atoms with Crippen LogP contribution in [0.5, 0.6) is 11.5 Å². The van der Waals surface area contributed by atoms with Gasteiger partial charge in [0.2, 0.25) is 0 Å². The summed E-state index contributed by atoms with van der Waals surface area (Å²) in [7, 11) is -3.85. The average molecular weight is 673 g/mol. The maximum absolute atomic E-state index is 14.2. The van der Waals surface area contributed by atoms with Crippen LogP contribution in [-0.2, 0) is 22.9 Å². The second kappa shape index (κ2) is 16.4. The zero-order chi connectivity index (χ0) is 35.1. The number of fused-ring (bicyclic) bond motifs is 1. The first kappa shape index (κ1) is 37.5. The Morgan fingerprint density at radius 2 is 1.62 bits per heavy atom. The summed E-state index contributed by atoms with van der Waals surface area (Å²) in [6, 6.07) is 18.7. The monoisotopic (exact) mass is 672 g/mol. The quantitative estimate of drug-likeness (QED) is 0.163. The van der Waals surface area contributed by atoms with E-state index < -0.39 is 32.7 Å². The fourth-order valence-electron chi connectivity index (χ4n) is 6.95. The van der Waals surface area contributed by atoms with Gasteiger partial charge in [0.05, 0.1) is 16.2 Å². The molecule has 0 saturated carbocycles. The fraction of sp³-hybridized carbons (Fsp3) is 0.476. The second-order valence-corrected chi connectivity index (χ2v) is 16.5. The largest absolute Gasteiger partial charge is 0.488 e. The highest BCUT2D eigenvalue weighted by Gasteiger charge is 2.43. The highest BCUT2D eigenvalue weighted by atomic mass is 32.2. The third-order valence-electron chi connectivity index (χ3n) is 9.95. The topological polar surface area (TPSA) is 72.8 Å². The van der Waals surface area contributed by atoms with E-state index in [9.17, 15) is 13.5 Å². The maximum atomic E-state index is 14.2. The van der Waals surface area contributed by atoms with Crippen LogP contribution in [0, 0.1) is 32.6 Å². The minimum absolute atomic E-state index is 0.199. The lowest BCUT2D eigenvalue weighted by atomic mass is 9.83. The Morgan fingerprint density at radius 3 is 2.27 bits per heavy atom. The van der Waals surface area contributed by atoms with Gasteiger partial charge in [-0.15, -0.1) is 0 Å². The van der Waals surface area contributed by atoms with Gasteiger partial charge in [0.1, 0.15) is 23.7 Å². The van der Waals surface area contributed by atoms with Crippen LogP contribution in [0.4, 0.5) is 0 Å². The van der Waals surface area contributed by atoms with Crippen molar-refractivity contribution in [2.75, 3.05) is 0 Å². The zero-order valence-corrected chi connectivity index (χ0v) is 31.1. The van der Waals surface area contributed by atoms with Crippen LogP contribution in [0.15, 0.2) is 89.4 Å². The Labute approximate surface area is 290 Å². The van der Waals surface area contributed by atoms with E-state index >= 15 is 0 Å². The van der Waals surface area contributed by atoms with Crippen molar-refractivity contribution in [3.63, 3.8) is 0 Å². The number of allylic oxidation sites excluding steroid dienone is 4. The summed E-state index contributed by atoms with van der Waals surface area (Å²) >= 11 is 0. The van der Waals surface area contributed by atoms with Gasteiger partial charge in [-0.1, -0.05) is 86.2 Å². The third-order valence-corrected chi connectivity index (χ3v) is 12.3. The van der Waals surface area contributed by atoms with E-state index in [2.05, 4.69) is 65.8 Å². The maximum Gasteiger partial charge on any atom is 0.184 e. The summed E-state index contributed by atoms with van der Waals surface area (Å²) in [5.74, 6) is 1.80. The van der Waals surface area contributed by atoms with E-state index in [0.29, 0.717) is 18.9 Å². The van der Waals surface area contributed by atoms with E-state index in [1.807, 2.05) is 44.2 Å². The van der Waals surface area contributed by atoms with E-state index in [0.717, 1.165) is 65.0 Å². The minimum Gasteiger partial charge on any atom is -0.488 e. The van der Waals surface area contributed by atoms with Gasteiger partial charge in [-0.05, 0) is 120 Å². The molecule has 0 radical (unpaired) electrons. The number of aliphatic hydroxyl groups is 1. The molecule has 0 fully saturated rings. The molecule has 5 atom stereocenters. The first-order valence-electron chi connectivity index (χ1n) is 17.5. The van der Waals surface area contributed by atoms with Crippen molar-refractivity contribution in [3.05, 3.63) is 112 Å². The van der Waals surface area contributed by atoms with Crippen molar-refractivity contribution in [2.45, 2.75) is 122 Å². The van der Waals surface area contributed by atoms with Crippen LogP contribution in [0.1, 0.15) is 94.5 Å². The van der Waals surface area contributed by atoms with E-state index in [1.54, 1.807) is 24.3 Å². The molecular formula is C42H56O5S. The lowest BCUT2D eigenvalue weighted by molar-refractivity contribution is 0.00474. The number of hydrogen-bond donors (Lipinski definition) is 1. The number of rotatable bonds is 15. The number of hydrogen-bond acceptors (Lipinski definition) is 5. The van der Waals surface area contributed by atoms with Gasteiger partial charge in [0.15, 0.2) is 9.84 Å². The van der Waals surface area contributed by atoms with Gasteiger partial charge in [0, 0.05) is 12.0 Å². The lowest BCUT2D eigenvalue weighted by Gasteiger charge is -2.40. The first-order valence-corrected chi connectivity index (χ1v) is 19.0. The molecule has 1 N–H and O–H groups in total. The molecule has 0 bridgehead atoms. The summed E-state index contributed by atoms with van der Waals surface area (Å²) in [6.07, 6.45) is 9.80. The summed E-state index contributed by atoms with van der Waals surface area (Å²) < 4.78 is 41.4. The second-order valence-electron chi connectivity index (χ2n) is 14.4. The average Bonchev–Trinajstić information content (AvgIpc) is 3.04. The van der Waals surface area contributed by atoms with Crippen LogP contribution in [0.3, 0.4) is 0 Å². The number of aliphatic hydroxyl groups excluding tert-OH is 1. The summed E-state index contributed by atoms with van der Waals surface area (Å²) in [5.41, 5.74) is 5.94. The van der Waals surface area contributed by atoms with Crippen molar-refractivity contribution in [1.29, 1.82) is 0 Å². The van der Waals surface area contributed by atoms with Gasteiger partial charge in [-0.2, -0.15) is 0 Å². The Balaban J connectivity index is 1.55. The van der Waals surface area contributed by atoms with Gasteiger partial charge >= 0.3 is 0 Å². The number of benzene rings is 3. The molecule has 0 amide bonds. The molecule has 0 saturated heterocycles. The summed E-state index contributed by atoms with van der Waals surface area (Å²) in [4.78, 5) is 0.231. The molecule has 4 rings (SSSR count). The predicted molar refractivity (Wildman–Crippen MR) is 198 cm³/mol. The van der Waals surface area contributed by atoms with Crippen LogP contribution in [-0.4, -0.2) is 30.5 Å². The van der Waals surface area contributed by atoms with Crippen molar-refractivity contribution < 1.29 is 23.0 Å². The van der Waals surface area contributed by atoms with E-state index in [1.165, 1.54) is 5.57 Å². The van der Waals surface area contributed by atoms with Crippen LogP contribution in [0.25, 0.3) is 0 Å². The van der Waals surface area contributed by atoms with Crippen LogP contribution < -0.4 is 9.47 Å². The summed E-state index contributed by atoms with van der Waals surface area (Å²) in [5, 5.41) is 10.9. The van der Waals surface area contributed by atoms with Crippen molar-refractivity contribution >= 4 is 9.84 Å². The Kier molecular flexibility index (Phi) is 12.8. The molecule has 0 aromatic heterocycles. The molecule has 3 aromatic carbocycles. The lowest BCUT2D eigenvalue weighted by Crippen LogP contribution is -2.47. The van der Waals surface area contributed by atoms with Gasteiger partial charge in [-0.3, -0.25) is 0 Å². The molecule has 6 heteroatoms. The first-order chi connectivity index (χ1) is 22.7. The molecular weight excluding hydrogens is 617 g/mol. The van der Waals surface area contributed by atoms with E-state index in [4.69, 9.17) is 9.47 Å². The molecule has 0 aliphatic carbocycles. The molecule has 0 spiro atoms. The number of sulfone groups is 1. The van der Waals surface area contributed by atoms with Gasteiger partial charge < -0.3 is 14.6 Å². The highest BCUT2D eigenvalue weighted by Crippen LogP contribution is 2.45. The molecule has 1 heterocycles. The molecule has 3 aromatic rings. The molecule has 2 unspecified atom stereocenters. The smallest absolute Gasteiger partial charge is 0.184 e. The number of ether oxygens (including phenoxy) is 2. The van der Waals surface area contributed by atoms with Gasteiger partial charge in [-0.25, -0.2) is 8.42 Å². The van der Waals surface area contributed by atoms with Crippen LogP contribution >= 0.6 is 0 Å². The predicted octanol–water partition coefficient (Wildman–Crippen LogP) is 9.83. The minimum atomic E-state index is -3.85. The third kappa shape index (κ3) is 9.21. The Hall–Kier alpha value is -3.35. The van der Waals surface area contributed by atoms with Crippen molar-refractivity contribution in [2.24, 2.45) is 11.8 Å². The normalized spacial score (nSPS) is 18.8. The molecule has 260 valence electrons. The highest BCUT2D eigenvalue weighted by molar-refractivity contribution is 7.92. The van der Waals surface area contributed by atoms with Crippen molar-refractivity contribution in [3.8, 4) is 11.5 Å². The summed E-state index contributed by atoms with van der Waals surface area (Å²) in [6.45, 7) is 17.1. The zero-order valence-electron chi connectivity index (χ0n) is 30.3. The molecule has 48 heavy (non-hydrogen) atoms. The molecule has 1 aliphatic rings. The van der Waals surface area contributed by atoms with Crippen molar-refractivity contribution in [1.82, 2.24) is 0 Å². The Bertz CT molecular complexity index is 1670. The van der Waals surface area contributed by atoms with Gasteiger partial charge in [0.25, 0.3) is 0 Å². The molecule has 1 aliphatic heterocycles. The fourth-order valence-corrected chi connectivity index (χ4v) is 8.96. The SMILES string of the molecule is CC(C)=CCC[C@@H](C)C/C=C/[C@@H](C)C([C@@H](O)CC1(C)CCc2c(C)c(OCc3ccccc3)c(C)c(C)c2O1)S(=O)(=O)c1ccccc1. The Morgan fingerprint density at radius 1 is 0.979 bits per heavy atom. The van der Waals surface area contributed by atoms with Crippen LogP contribution in [0.2, 0.25) is 0 Å². The standard InChI is InChI=1S/C42H56O5S/c1-29(2)17-15-18-30(3)19-16-20-31(4)41(48(44,45)36-23-13-10-14-24-36)38(43)27-42(8)26-25-37-34(7)39(32(5)33(6)40(37)47-42)46-28-35-21-11-9-12-22-35/h9-14,16-17,20-24,30-31,38,41,43H,15,18-19,25-28H2,1-8H3/b20-16+/t30-,31-,38+,41?,42?/m1/s1. The van der Waals surface area contributed by atoms with E-state index in [-0.39, 0.29) is 11.3 Å². The molecule has 5 nitrogen and oxygen atoms in total.